The third-order valence-electron chi connectivity index (χ3n) is 4.00. The lowest BCUT2D eigenvalue weighted by molar-refractivity contribution is -0.139. The van der Waals surface area contributed by atoms with Crippen LogP contribution in [0.25, 0.3) is 0 Å². The van der Waals surface area contributed by atoms with Crippen LogP contribution in [0.5, 0.6) is 5.75 Å². The zero-order valence-electron chi connectivity index (χ0n) is 13.3. The van der Waals surface area contributed by atoms with Gasteiger partial charge in [0.2, 0.25) is 0 Å². The Morgan fingerprint density at radius 2 is 2.04 bits per heavy atom. The Labute approximate surface area is 150 Å². The van der Waals surface area contributed by atoms with Crippen molar-refractivity contribution in [1.29, 1.82) is 0 Å². The minimum absolute atomic E-state index is 0.0300. The molecule has 1 aliphatic rings. The quantitative estimate of drug-likeness (QED) is 0.730. The molecule has 0 radical (unpaired) electrons. The van der Waals surface area contributed by atoms with Gasteiger partial charge in [0.05, 0.1) is 16.6 Å². The first-order chi connectivity index (χ1) is 11.4. The Morgan fingerprint density at radius 3 is 2.62 bits per heavy atom. The monoisotopic (exact) mass is 374 g/mol. The predicted molar refractivity (Wildman–Crippen MR) is 91.8 cm³/mol. The van der Waals surface area contributed by atoms with Gasteiger partial charge in [-0.25, -0.2) is 0 Å². The van der Waals surface area contributed by atoms with Gasteiger partial charge in [-0.3, -0.25) is 14.5 Å². The number of ether oxygens (including phenoxy) is 1. The van der Waals surface area contributed by atoms with Crippen LogP contribution in [-0.4, -0.2) is 53.7 Å². The van der Waals surface area contributed by atoms with Crippen molar-refractivity contribution in [2.24, 2.45) is 0 Å². The number of carbonyl (C=O) groups excluding carboxylic acids is 1. The molecule has 1 saturated carbocycles. The number of halogens is 2. The number of carboxylic acids is 1. The largest absolute Gasteiger partial charge is 0.484 e. The number of carboxylic acid groups (broad SMARTS) is 1. The maximum absolute atomic E-state index is 11.9. The van der Waals surface area contributed by atoms with Gasteiger partial charge < -0.3 is 15.2 Å². The molecule has 0 aliphatic heterocycles. The second kappa shape index (κ2) is 8.55. The molecule has 1 aromatic carbocycles. The summed E-state index contributed by atoms with van der Waals surface area (Å²) in [7, 11) is 0. The van der Waals surface area contributed by atoms with Crippen molar-refractivity contribution in [2.45, 2.75) is 31.8 Å². The molecule has 1 amide bonds. The fourth-order valence-electron chi connectivity index (χ4n) is 2.66. The smallest absolute Gasteiger partial charge is 0.317 e. The second-order valence-electron chi connectivity index (χ2n) is 5.71. The third kappa shape index (κ3) is 5.26. The molecule has 0 heterocycles. The predicted octanol–water partition coefficient (Wildman–Crippen LogP) is 2.43. The van der Waals surface area contributed by atoms with Crippen LogP contribution in [0.15, 0.2) is 18.2 Å². The first kappa shape index (κ1) is 18.8. The van der Waals surface area contributed by atoms with E-state index in [0.29, 0.717) is 22.3 Å². The molecule has 0 spiro atoms. The fourth-order valence-corrected chi connectivity index (χ4v) is 2.95. The summed E-state index contributed by atoms with van der Waals surface area (Å²) in [6.07, 6.45) is 1.50. The second-order valence-corrected chi connectivity index (χ2v) is 6.53. The van der Waals surface area contributed by atoms with Gasteiger partial charge in [0.15, 0.2) is 6.61 Å². The maximum Gasteiger partial charge on any atom is 0.317 e. The zero-order valence-corrected chi connectivity index (χ0v) is 14.8. The van der Waals surface area contributed by atoms with E-state index in [2.05, 4.69) is 5.32 Å². The highest BCUT2D eigenvalue weighted by Crippen LogP contribution is 2.27. The number of nitrogens with one attached hydrogen (secondary N) is 1. The molecule has 2 rings (SSSR count). The van der Waals surface area contributed by atoms with Crippen LogP contribution in [0.1, 0.15) is 19.8 Å². The molecule has 132 valence electrons. The lowest BCUT2D eigenvalue weighted by Gasteiger charge is -2.42. The molecule has 1 fully saturated rings. The normalized spacial score (nSPS) is 19.7. The molecule has 1 aliphatic carbocycles. The molecule has 0 unspecified atom stereocenters. The number of hydrogen-bond acceptors (Lipinski definition) is 4. The lowest BCUT2D eigenvalue weighted by atomic mass is 9.85. The van der Waals surface area contributed by atoms with Crippen molar-refractivity contribution in [3.8, 4) is 5.75 Å². The zero-order chi connectivity index (χ0) is 17.7. The van der Waals surface area contributed by atoms with Crippen molar-refractivity contribution in [3.63, 3.8) is 0 Å². The molecule has 2 N–H and O–H groups in total. The average molecular weight is 375 g/mol. The average Bonchev–Trinajstić information content (AvgIpc) is 2.49. The topological polar surface area (TPSA) is 78.9 Å². The van der Waals surface area contributed by atoms with E-state index in [1.54, 1.807) is 18.2 Å². The van der Waals surface area contributed by atoms with Gasteiger partial charge in [-0.15, -0.1) is 0 Å². The number of rotatable bonds is 8. The van der Waals surface area contributed by atoms with Crippen molar-refractivity contribution in [2.75, 3.05) is 19.7 Å². The van der Waals surface area contributed by atoms with Crippen LogP contribution in [0.3, 0.4) is 0 Å². The van der Waals surface area contributed by atoms with Crippen LogP contribution in [0, 0.1) is 0 Å². The Hall–Kier alpha value is -1.50. The van der Waals surface area contributed by atoms with Gasteiger partial charge in [0.25, 0.3) is 5.91 Å². The molecule has 0 atom stereocenters. The summed E-state index contributed by atoms with van der Waals surface area (Å²) in [5, 5.41) is 12.5. The highest BCUT2D eigenvalue weighted by atomic mass is 35.5. The molecule has 6 nitrogen and oxygen atoms in total. The molecule has 0 bridgehead atoms. The van der Waals surface area contributed by atoms with Crippen molar-refractivity contribution in [3.05, 3.63) is 28.2 Å². The summed E-state index contributed by atoms with van der Waals surface area (Å²) in [6, 6.07) is 5.07. The van der Waals surface area contributed by atoms with Crippen LogP contribution in [-0.2, 0) is 9.59 Å². The standard InChI is InChI=1S/C16H20Cl2N2O4/c1-2-20(8-16(22)23)11-5-10(6-11)19-15(21)9-24-12-3-4-13(17)14(18)7-12/h3-4,7,10-11H,2,5-6,8-9H2,1H3,(H,19,21)(H,22,23). The van der Waals surface area contributed by atoms with Crippen molar-refractivity contribution in [1.82, 2.24) is 10.2 Å². The minimum Gasteiger partial charge on any atom is -0.484 e. The van der Waals surface area contributed by atoms with Gasteiger partial charge in [-0.2, -0.15) is 0 Å². The first-order valence-electron chi connectivity index (χ1n) is 7.72. The SMILES string of the molecule is CCN(CC(=O)O)C1CC(NC(=O)COc2ccc(Cl)c(Cl)c2)C1. The van der Waals surface area contributed by atoms with E-state index in [9.17, 15) is 9.59 Å². The highest BCUT2D eigenvalue weighted by molar-refractivity contribution is 6.42. The Kier molecular flexibility index (Phi) is 6.71. The van der Waals surface area contributed by atoms with E-state index >= 15 is 0 Å². The minimum atomic E-state index is -0.834. The van der Waals surface area contributed by atoms with Crippen molar-refractivity contribution < 1.29 is 19.4 Å². The van der Waals surface area contributed by atoms with Crippen LogP contribution < -0.4 is 10.1 Å². The molecule has 8 heteroatoms. The first-order valence-corrected chi connectivity index (χ1v) is 8.47. The Bertz CT molecular complexity index is 606. The maximum atomic E-state index is 11.9. The number of hydrogen-bond donors (Lipinski definition) is 2. The van der Waals surface area contributed by atoms with E-state index in [1.165, 1.54) is 0 Å². The van der Waals surface area contributed by atoms with Crippen LogP contribution in [0.2, 0.25) is 10.0 Å². The van der Waals surface area contributed by atoms with Gasteiger partial charge in [0.1, 0.15) is 5.75 Å². The number of aliphatic carboxylic acids is 1. The summed E-state index contributed by atoms with van der Waals surface area (Å²) in [5.74, 6) is -0.574. The lowest BCUT2D eigenvalue weighted by Crippen LogP contribution is -2.55. The van der Waals surface area contributed by atoms with Crippen LogP contribution in [0.4, 0.5) is 0 Å². The summed E-state index contributed by atoms with van der Waals surface area (Å²) >= 11 is 11.7. The van der Waals surface area contributed by atoms with E-state index in [-0.39, 0.29) is 31.1 Å². The van der Waals surface area contributed by atoms with Gasteiger partial charge in [-0.1, -0.05) is 30.1 Å². The molecule has 24 heavy (non-hydrogen) atoms. The van der Waals surface area contributed by atoms with E-state index in [4.69, 9.17) is 33.0 Å². The molecular weight excluding hydrogens is 355 g/mol. The fraction of sp³-hybridized carbons (Fsp3) is 0.500. The number of nitrogens with zero attached hydrogens (tertiary/aromatic N) is 1. The van der Waals surface area contributed by atoms with Crippen LogP contribution >= 0.6 is 23.2 Å². The summed E-state index contributed by atoms with van der Waals surface area (Å²) in [4.78, 5) is 24.6. The van der Waals surface area contributed by atoms with Gasteiger partial charge in [-0.05, 0) is 31.5 Å². The number of carbonyl (C=O) groups is 2. The summed E-state index contributed by atoms with van der Waals surface area (Å²) in [6.45, 7) is 2.53. The Morgan fingerprint density at radius 1 is 1.33 bits per heavy atom. The number of benzene rings is 1. The third-order valence-corrected chi connectivity index (χ3v) is 4.74. The molecule has 0 saturated heterocycles. The summed E-state index contributed by atoms with van der Waals surface area (Å²) in [5.41, 5.74) is 0. The number of amides is 1. The molecule has 1 aromatic rings. The molecule has 0 aromatic heterocycles. The number of likely N-dealkylation sites (N-methyl/N-ethyl adjacent to an activating group) is 1. The van der Waals surface area contributed by atoms with E-state index < -0.39 is 5.97 Å². The Balaban J connectivity index is 1.70. The van der Waals surface area contributed by atoms with E-state index in [0.717, 1.165) is 12.8 Å². The molecular formula is C16H20Cl2N2O4. The highest BCUT2D eigenvalue weighted by Gasteiger charge is 2.34. The van der Waals surface area contributed by atoms with Gasteiger partial charge in [0, 0.05) is 18.2 Å². The van der Waals surface area contributed by atoms with Crippen molar-refractivity contribution >= 4 is 35.1 Å². The van der Waals surface area contributed by atoms with E-state index in [1.807, 2.05) is 11.8 Å². The summed E-state index contributed by atoms with van der Waals surface area (Å²) < 4.78 is 5.38. The van der Waals surface area contributed by atoms with Gasteiger partial charge >= 0.3 is 5.97 Å².